The van der Waals surface area contributed by atoms with Gasteiger partial charge in [0.15, 0.2) is 0 Å². The molecule has 1 aromatic heterocycles. The average Bonchev–Trinajstić information content (AvgIpc) is 2.07. The number of rotatable bonds is 4. The topological polar surface area (TPSA) is 42.1 Å². The fourth-order valence-electron chi connectivity index (χ4n) is 1.49. The van der Waals surface area contributed by atoms with E-state index in [0.29, 0.717) is 5.92 Å². The number of aromatic nitrogens is 1. The lowest BCUT2D eigenvalue weighted by molar-refractivity contribution is 0.285. The predicted octanol–water partition coefficient (Wildman–Crippen LogP) is 1.75. The van der Waals surface area contributed by atoms with Gasteiger partial charge in [-0.2, -0.15) is 0 Å². The molecule has 14 heavy (non-hydrogen) atoms. The van der Waals surface area contributed by atoms with Crippen molar-refractivity contribution in [3.8, 4) is 0 Å². The maximum Gasteiger partial charge on any atom is 0.0545 e. The van der Waals surface area contributed by atoms with Crippen molar-refractivity contribution in [2.24, 2.45) is 5.92 Å². The third kappa shape index (κ3) is 3.75. The van der Waals surface area contributed by atoms with Crippen molar-refractivity contribution >= 4 is 5.69 Å². The molecule has 3 heteroatoms. The lowest BCUT2D eigenvalue weighted by Gasteiger charge is -2.18. The summed E-state index contributed by atoms with van der Waals surface area (Å²) in [5.41, 5.74) is 7.36. The molecule has 1 heterocycles. The van der Waals surface area contributed by atoms with Gasteiger partial charge in [-0.3, -0.25) is 4.98 Å². The van der Waals surface area contributed by atoms with E-state index in [0.717, 1.165) is 24.5 Å². The van der Waals surface area contributed by atoms with E-state index in [1.54, 1.807) is 6.20 Å². The van der Waals surface area contributed by atoms with Crippen LogP contribution in [-0.2, 0) is 6.54 Å². The van der Waals surface area contributed by atoms with Crippen LogP contribution in [0.2, 0.25) is 0 Å². The van der Waals surface area contributed by atoms with E-state index < -0.39 is 0 Å². The van der Waals surface area contributed by atoms with E-state index in [9.17, 15) is 0 Å². The van der Waals surface area contributed by atoms with E-state index >= 15 is 0 Å². The number of anilines is 1. The highest BCUT2D eigenvalue weighted by Crippen LogP contribution is 2.05. The molecule has 1 rings (SSSR count). The molecule has 0 bridgehead atoms. The Morgan fingerprint density at radius 2 is 2.14 bits per heavy atom. The molecule has 0 aliphatic carbocycles. The minimum absolute atomic E-state index is 0.689. The van der Waals surface area contributed by atoms with E-state index in [-0.39, 0.29) is 0 Å². The van der Waals surface area contributed by atoms with Crippen molar-refractivity contribution in [3.63, 3.8) is 0 Å². The Kier molecular flexibility index (Phi) is 3.89. The largest absolute Gasteiger partial charge is 0.397 e. The second kappa shape index (κ2) is 4.96. The Labute approximate surface area is 85.9 Å². The van der Waals surface area contributed by atoms with Crippen molar-refractivity contribution < 1.29 is 0 Å². The van der Waals surface area contributed by atoms with Crippen LogP contribution in [0.4, 0.5) is 5.69 Å². The molecule has 0 unspecified atom stereocenters. The summed E-state index contributed by atoms with van der Waals surface area (Å²) in [7, 11) is 2.11. The quantitative estimate of drug-likeness (QED) is 0.792. The van der Waals surface area contributed by atoms with Crippen molar-refractivity contribution in [2.45, 2.75) is 20.4 Å². The molecule has 1 aromatic rings. The number of pyridine rings is 1. The van der Waals surface area contributed by atoms with Crippen LogP contribution in [0.15, 0.2) is 18.3 Å². The first kappa shape index (κ1) is 11.0. The summed E-state index contributed by atoms with van der Waals surface area (Å²) in [6.07, 6.45) is 1.71. The molecule has 0 amide bonds. The van der Waals surface area contributed by atoms with Crippen LogP contribution < -0.4 is 5.73 Å². The molecule has 0 fully saturated rings. The Morgan fingerprint density at radius 3 is 2.64 bits per heavy atom. The van der Waals surface area contributed by atoms with Crippen LogP contribution in [0.3, 0.4) is 0 Å². The van der Waals surface area contributed by atoms with E-state index in [1.807, 2.05) is 12.1 Å². The summed E-state index contributed by atoms with van der Waals surface area (Å²) in [6, 6.07) is 3.87. The highest BCUT2D eigenvalue weighted by atomic mass is 15.1. The second-order valence-corrected chi connectivity index (χ2v) is 4.17. The van der Waals surface area contributed by atoms with E-state index in [2.05, 4.69) is 30.8 Å². The fraction of sp³-hybridized carbons (Fsp3) is 0.545. The SMILES string of the molecule is CC(C)CN(C)Cc1ccc(N)cn1. The van der Waals surface area contributed by atoms with Crippen LogP contribution in [0.1, 0.15) is 19.5 Å². The Bertz CT molecular complexity index is 266. The summed E-state index contributed by atoms with van der Waals surface area (Å²) in [6.45, 7) is 6.41. The minimum Gasteiger partial charge on any atom is -0.397 e. The normalized spacial score (nSPS) is 11.2. The molecule has 0 atom stereocenters. The maximum absolute atomic E-state index is 5.56. The Hall–Kier alpha value is -1.09. The maximum atomic E-state index is 5.56. The lowest BCUT2D eigenvalue weighted by Crippen LogP contribution is -2.23. The summed E-state index contributed by atoms with van der Waals surface area (Å²) < 4.78 is 0. The van der Waals surface area contributed by atoms with Crippen molar-refractivity contribution in [3.05, 3.63) is 24.0 Å². The molecule has 0 saturated carbocycles. The standard InChI is InChI=1S/C11H19N3/c1-9(2)7-14(3)8-11-5-4-10(12)6-13-11/h4-6,9H,7-8,12H2,1-3H3. The van der Waals surface area contributed by atoms with E-state index in [4.69, 9.17) is 5.73 Å². The van der Waals surface area contributed by atoms with Crippen LogP contribution in [0, 0.1) is 5.92 Å². The fourth-order valence-corrected chi connectivity index (χ4v) is 1.49. The number of nitrogen functional groups attached to an aromatic ring is 1. The predicted molar refractivity (Wildman–Crippen MR) is 59.8 cm³/mol. The average molecular weight is 193 g/mol. The molecular formula is C11H19N3. The summed E-state index contributed by atoms with van der Waals surface area (Å²) in [4.78, 5) is 6.53. The molecule has 78 valence electrons. The first-order valence-corrected chi connectivity index (χ1v) is 4.97. The molecular weight excluding hydrogens is 174 g/mol. The third-order valence-corrected chi connectivity index (χ3v) is 1.96. The first-order valence-electron chi connectivity index (χ1n) is 4.97. The summed E-state index contributed by atoms with van der Waals surface area (Å²) >= 11 is 0. The summed E-state index contributed by atoms with van der Waals surface area (Å²) in [5.74, 6) is 0.689. The molecule has 0 aliphatic rings. The third-order valence-electron chi connectivity index (χ3n) is 1.96. The number of nitrogens with zero attached hydrogens (tertiary/aromatic N) is 2. The zero-order valence-electron chi connectivity index (χ0n) is 9.20. The Balaban J connectivity index is 2.47. The molecule has 2 N–H and O–H groups in total. The van der Waals surface area contributed by atoms with Gasteiger partial charge in [-0.1, -0.05) is 13.8 Å². The smallest absolute Gasteiger partial charge is 0.0545 e. The van der Waals surface area contributed by atoms with Gasteiger partial charge in [0.05, 0.1) is 17.6 Å². The Morgan fingerprint density at radius 1 is 1.43 bits per heavy atom. The van der Waals surface area contributed by atoms with Crippen molar-refractivity contribution in [1.82, 2.24) is 9.88 Å². The van der Waals surface area contributed by atoms with Gasteiger partial charge in [-0.15, -0.1) is 0 Å². The summed E-state index contributed by atoms with van der Waals surface area (Å²) in [5, 5.41) is 0. The van der Waals surface area contributed by atoms with Gasteiger partial charge in [-0.25, -0.2) is 0 Å². The van der Waals surface area contributed by atoms with Gasteiger partial charge in [0.1, 0.15) is 0 Å². The van der Waals surface area contributed by atoms with Gasteiger partial charge in [0, 0.05) is 13.1 Å². The van der Waals surface area contributed by atoms with Crippen molar-refractivity contribution in [2.75, 3.05) is 19.3 Å². The van der Waals surface area contributed by atoms with Gasteiger partial charge in [0.2, 0.25) is 0 Å². The second-order valence-electron chi connectivity index (χ2n) is 4.17. The van der Waals surface area contributed by atoms with Crippen LogP contribution in [0.5, 0.6) is 0 Å². The van der Waals surface area contributed by atoms with Gasteiger partial charge in [-0.05, 0) is 25.1 Å². The number of nitrogens with two attached hydrogens (primary N) is 1. The highest BCUT2D eigenvalue weighted by molar-refractivity contribution is 5.34. The van der Waals surface area contributed by atoms with Crippen LogP contribution in [-0.4, -0.2) is 23.5 Å². The van der Waals surface area contributed by atoms with Gasteiger partial charge in [0.25, 0.3) is 0 Å². The molecule has 0 aromatic carbocycles. The van der Waals surface area contributed by atoms with Gasteiger partial charge < -0.3 is 10.6 Å². The minimum atomic E-state index is 0.689. The molecule has 0 aliphatic heterocycles. The van der Waals surface area contributed by atoms with Crippen LogP contribution >= 0.6 is 0 Å². The molecule has 0 radical (unpaired) electrons. The monoisotopic (exact) mass is 193 g/mol. The van der Waals surface area contributed by atoms with Gasteiger partial charge >= 0.3 is 0 Å². The zero-order chi connectivity index (χ0) is 10.6. The first-order chi connectivity index (χ1) is 6.58. The van der Waals surface area contributed by atoms with Crippen molar-refractivity contribution in [1.29, 1.82) is 0 Å². The molecule has 0 spiro atoms. The number of hydrogen-bond acceptors (Lipinski definition) is 3. The van der Waals surface area contributed by atoms with Crippen LogP contribution in [0.25, 0.3) is 0 Å². The zero-order valence-corrected chi connectivity index (χ0v) is 9.20. The molecule has 3 nitrogen and oxygen atoms in total. The lowest BCUT2D eigenvalue weighted by atomic mass is 10.2. The van der Waals surface area contributed by atoms with E-state index in [1.165, 1.54) is 0 Å². The highest BCUT2D eigenvalue weighted by Gasteiger charge is 2.03. The molecule has 0 saturated heterocycles. The number of hydrogen-bond donors (Lipinski definition) is 1.